The van der Waals surface area contributed by atoms with Crippen molar-refractivity contribution in [1.29, 1.82) is 0 Å². The third-order valence-corrected chi connectivity index (χ3v) is 4.58. The van der Waals surface area contributed by atoms with Gasteiger partial charge < -0.3 is 10.1 Å². The molecule has 4 rings (SSSR count). The van der Waals surface area contributed by atoms with Crippen molar-refractivity contribution in [2.75, 3.05) is 12.4 Å². The summed E-state index contributed by atoms with van der Waals surface area (Å²) in [7, 11) is 1.40. The van der Waals surface area contributed by atoms with Gasteiger partial charge in [-0.1, -0.05) is 11.6 Å². The molecule has 0 unspecified atom stereocenters. The quantitative estimate of drug-likeness (QED) is 0.710. The topological polar surface area (TPSA) is 77.0 Å². The van der Waals surface area contributed by atoms with E-state index in [-0.39, 0.29) is 5.97 Å². The predicted octanol–water partition coefficient (Wildman–Crippen LogP) is 3.61. The molecule has 0 bridgehead atoms. The second kappa shape index (κ2) is 6.71. The summed E-state index contributed by atoms with van der Waals surface area (Å²) < 4.78 is 4.87. The van der Waals surface area contributed by atoms with Crippen molar-refractivity contribution in [3.05, 3.63) is 59.2 Å². The van der Waals surface area contributed by atoms with Gasteiger partial charge in [0.15, 0.2) is 0 Å². The normalized spacial score (nSPS) is 13.6. The molecule has 2 heterocycles. The fourth-order valence-electron chi connectivity index (χ4n) is 3.05. The molecule has 6 heteroatoms. The fraction of sp³-hybridized carbons (Fsp3) is 0.300. The van der Waals surface area contributed by atoms with Gasteiger partial charge >= 0.3 is 5.97 Å². The Kier molecular flexibility index (Phi) is 4.24. The molecule has 26 heavy (non-hydrogen) atoms. The van der Waals surface area contributed by atoms with E-state index in [2.05, 4.69) is 21.4 Å². The number of pyridine rings is 1. The second-order valence-electron chi connectivity index (χ2n) is 6.60. The molecule has 1 N–H and O–H groups in total. The highest BCUT2D eigenvalue weighted by Gasteiger charge is 2.30. The molecular weight excluding hydrogens is 328 g/mol. The summed E-state index contributed by atoms with van der Waals surface area (Å²) in [4.78, 5) is 25.3. The SMILES string of the molecule is COC(=O)c1ccc(CNc2ncnc3ccc(C)cc23)nc1C1CC1. The minimum Gasteiger partial charge on any atom is -0.465 e. The number of benzene rings is 1. The van der Waals surface area contributed by atoms with Crippen molar-refractivity contribution in [3.8, 4) is 0 Å². The first kappa shape index (κ1) is 16.4. The molecule has 0 aliphatic heterocycles. The van der Waals surface area contributed by atoms with Crippen LogP contribution in [0.15, 0.2) is 36.7 Å². The van der Waals surface area contributed by atoms with Crippen LogP contribution in [0.1, 0.15) is 46.1 Å². The number of rotatable bonds is 5. The zero-order chi connectivity index (χ0) is 18.1. The number of aromatic nitrogens is 3. The minimum atomic E-state index is -0.323. The first-order valence-corrected chi connectivity index (χ1v) is 8.69. The summed E-state index contributed by atoms with van der Waals surface area (Å²) in [5.74, 6) is 0.827. The Morgan fingerprint density at radius 2 is 2.08 bits per heavy atom. The zero-order valence-corrected chi connectivity index (χ0v) is 14.8. The lowest BCUT2D eigenvalue weighted by molar-refractivity contribution is 0.0598. The molecule has 132 valence electrons. The lowest BCUT2D eigenvalue weighted by Crippen LogP contribution is -2.10. The third-order valence-electron chi connectivity index (χ3n) is 4.58. The Hall–Kier alpha value is -3.02. The van der Waals surface area contributed by atoms with Crippen molar-refractivity contribution in [3.63, 3.8) is 0 Å². The van der Waals surface area contributed by atoms with E-state index in [1.165, 1.54) is 7.11 Å². The summed E-state index contributed by atoms with van der Waals surface area (Å²) in [6.07, 6.45) is 3.71. The van der Waals surface area contributed by atoms with E-state index in [1.807, 2.05) is 31.2 Å². The molecule has 1 aliphatic rings. The van der Waals surface area contributed by atoms with Gasteiger partial charge in [-0.05, 0) is 44.0 Å². The first-order chi connectivity index (χ1) is 12.7. The van der Waals surface area contributed by atoms with E-state index in [0.29, 0.717) is 18.0 Å². The zero-order valence-electron chi connectivity index (χ0n) is 14.8. The molecule has 1 aromatic carbocycles. The van der Waals surface area contributed by atoms with Gasteiger partial charge in [0.2, 0.25) is 0 Å². The number of ether oxygens (including phenoxy) is 1. The highest BCUT2D eigenvalue weighted by Crippen LogP contribution is 2.40. The Labute approximate surface area is 151 Å². The molecule has 0 amide bonds. The molecule has 0 spiro atoms. The van der Waals surface area contributed by atoms with Crippen LogP contribution in [0.4, 0.5) is 5.82 Å². The number of methoxy groups -OCH3 is 1. The van der Waals surface area contributed by atoms with Gasteiger partial charge in [-0.3, -0.25) is 4.98 Å². The van der Waals surface area contributed by atoms with E-state index >= 15 is 0 Å². The second-order valence-corrected chi connectivity index (χ2v) is 6.60. The van der Waals surface area contributed by atoms with Crippen molar-refractivity contribution >= 4 is 22.7 Å². The van der Waals surface area contributed by atoms with E-state index in [0.717, 1.165) is 46.5 Å². The first-order valence-electron chi connectivity index (χ1n) is 8.69. The summed E-state index contributed by atoms with van der Waals surface area (Å²) in [5.41, 5.74) is 4.35. The van der Waals surface area contributed by atoms with Gasteiger partial charge in [0.05, 0.1) is 36.1 Å². The van der Waals surface area contributed by atoms with Crippen LogP contribution >= 0.6 is 0 Å². The number of carbonyl (C=O) groups excluding carboxylic acids is 1. The Morgan fingerprint density at radius 1 is 1.23 bits per heavy atom. The van der Waals surface area contributed by atoms with E-state index in [1.54, 1.807) is 6.33 Å². The lowest BCUT2D eigenvalue weighted by atomic mass is 10.1. The van der Waals surface area contributed by atoms with Crippen molar-refractivity contribution in [1.82, 2.24) is 15.0 Å². The Morgan fingerprint density at radius 3 is 2.85 bits per heavy atom. The largest absolute Gasteiger partial charge is 0.465 e. The summed E-state index contributed by atoms with van der Waals surface area (Å²) >= 11 is 0. The van der Waals surface area contributed by atoms with E-state index < -0.39 is 0 Å². The summed E-state index contributed by atoms with van der Waals surface area (Å²) in [5, 5.41) is 4.34. The van der Waals surface area contributed by atoms with Crippen LogP contribution in [0.3, 0.4) is 0 Å². The van der Waals surface area contributed by atoms with Crippen LogP contribution in [-0.2, 0) is 11.3 Å². The monoisotopic (exact) mass is 348 g/mol. The van der Waals surface area contributed by atoms with Gasteiger partial charge in [0, 0.05) is 11.3 Å². The lowest BCUT2D eigenvalue weighted by Gasteiger charge is -2.11. The van der Waals surface area contributed by atoms with Crippen molar-refractivity contribution in [2.24, 2.45) is 0 Å². The van der Waals surface area contributed by atoms with Crippen molar-refractivity contribution < 1.29 is 9.53 Å². The van der Waals surface area contributed by atoms with E-state index in [9.17, 15) is 4.79 Å². The summed E-state index contributed by atoms with van der Waals surface area (Å²) in [6.45, 7) is 2.58. The van der Waals surface area contributed by atoms with Crippen LogP contribution in [0.25, 0.3) is 10.9 Å². The molecule has 0 saturated heterocycles. The van der Waals surface area contributed by atoms with Crippen LogP contribution in [-0.4, -0.2) is 28.0 Å². The maximum Gasteiger partial charge on any atom is 0.339 e. The number of carbonyl (C=O) groups is 1. The molecule has 1 saturated carbocycles. The number of hydrogen-bond acceptors (Lipinski definition) is 6. The maximum absolute atomic E-state index is 11.9. The number of nitrogens with one attached hydrogen (secondary N) is 1. The van der Waals surface area contributed by atoms with Gasteiger partial charge in [0.25, 0.3) is 0 Å². The molecule has 0 radical (unpaired) electrons. The molecule has 2 aromatic heterocycles. The summed E-state index contributed by atoms with van der Waals surface area (Å²) in [6, 6.07) is 9.77. The van der Waals surface area contributed by atoms with E-state index in [4.69, 9.17) is 9.72 Å². The van der Waals surface area contributed by atoms with Gasteiger partial charge in [0.1, 0.15) is 12.1 Å². The third kappa shape index (κ3) is 3.22. The average Bonchev–Trinajstić information content (AvgIpc) is 3.50. The number of esters is 1. The van der Waals surface area contributed by atoms with Crippen LogP contribution in [0, 0.1) is 6.92 Å². The van der Waals surface area contributed by atoms with Gasteiger partial charge in [-0.2, -0.15) is 0 Å². The van der Waals surface area contributed by atoms with Gasteiger partial charge in [-0.25, -0.2) is 14.8 Å². The maximum atomic E-state index is 11.9. The van der Waals surface area contributed by atoms with Crippen molar-refractivity contribution in [2.45, 2.75) is 32.2 Å². The number of hydrogen-bond donors (Lipinski definition) is 1. The van der Waals surface area contributed by atoms with Crippen LogP contribution < -0.4 is 5.32 Å². The minimum absolute atomic E-state index is 0.323. The predicted molar refractivity (Wildman–Crippen MR) is 99.2 cm³/mol. The highest BCUT2D eigenvalue weighted by molar-refractivity contribution is 5.91. The number of aryl methyl sites for hydroxylation is 1. The number of fused-ring (bicyclic) bond motifs is 1. The molecular formula is C20H20N4O2. The molecule has 3 aromatic rings. The number of anilines is 1. The standard InChI is InChI=1S/C20H20N4O2/c1-12-3-8-17-16(9-12)19(23-11-22-17)21-10-14-6-7-15(20(25)26-2)18(24-14)13-4-5-13/h3,6-9,11,13H,4-5,10H2,1-2H3,(H,21,22,23). The van der Waals surface area contributed by atoms with Crippen LogP contribution in [0.2, 0.25) is 0 Å². The Balaban J connectivity index is 1.60. The fourth-order valence-corrected chi connectivity index (χ4v) is 3.05. The van der Waals surface area contributed by atoms with Gasteiger partial charge in [-0.15, -0.1) is 0 Å². The molecule has 6 nitrogen and oxygen atoms in total. The molecule has 0 atom stereocenters. The molecule has 1 aliphatic carbocycles. The molecule has 1 fully saturated rings. The van der Waals surface area contributed by atoms with Crippen LogP contribution in [0.5, 0.6) is 0 Å². The Bertz CT molecular complexity index is 983. The highest BCUT2D eigenvalue weighted by atomic mass is 16.5. The smallest absolute Gasteiger partial charge is 0.339 e. The number of nitrogens with zero attached hydrogens (tertiary/aromatic N) is 3. The average molecular weight is 348 g/mol.